The molecule has 0 unspecified atom stereocenters. The highest BCUT2D eigenvalue weighted by Crippen LogP contribution is 2.38. The molecule has 1 nitrogen and oxygen atoms in total. The SMILES string of the molecule is CCCc1ccc(-c2ccc3c(Cl)c(-c4cc(F)c(COc5c(F)c(F)c(F)c(F)c5F)c(F)c4)ccc3c2)cc1. The van der Waals surface area contributed by atoms with Crippen LogP contribution in [-0.2, 0) is 13.0 Å². The van der Waals surface area contributed by atoms with Crippen molar-refractivity contribution in [1.29, 1.82) is 0 Å². The van der Waals surface area contributed by atoms with Gasteiger partial charge in [-0.2, -0.15) is 8.78 Å². The Morgan fingerprint density at radius 1 is 0.634 bits per heavy atom. The predicted octanol–water partition coefficient (Wildman–Crippen LogP) is 10.3. The van der Waals surface area contributed by atoms with Crippen LogP contribution in [0.3, 0.4) is 0 Å². The highest BCUT2D eigenvalue weighted by Gasteiger charge is 2.27. The largest absolute Gasteiger partial charge is 0.482 e. The van der Waals surface area contributed by atoms with Crippen molar-refractivity contribution in [2.45, 2.75) is 26.4 Å². The minimum absolute atomic E-state index is 0.0717. The summed E-state index contributed by atoms with van der Waals surface area (Å²) in [6, 6.07) is 19.2. The maximum Gasteiger partial charge on any atom is 0.207 e. The zero-order valence-corrected chi connectivity index (χ0v) is 22.2. The molecule has 9 heteroatoms. The van der Waals surface area contributed by atoms with Crippen molar-refractivity contribution in [3.63, 3.8) is 0 Å². The summed E-state index contributed by atoms with van der Waals surface area (Å²) in [6.07, 6.45) is 2.05. The molecule has 0 aliphatic heterocycles. The third-order valence-electron chi connectivity index (χ3n) is 6.76. The minimum atomic E-state index is -2.38. The Balaban J connectivity index is 1.43. The summed E-state index contributed by atoms with van der Waals surface area (Å²) in [5.74, 6) is -15.3. The van der Waals surface area contributed by atoms with Gasteiger partial charge in [-0.3, -0.25) is 0 Å². The van der Waals surface area contributed by atoms with E-state index < -0.39 is 58.6 Å². The van der Waals surface area contributed by atoms with Crippen molar-refractivity contribution in [1.82, 2.24) is 0 Å². The summed E-state index contributed by atoms with van der Waals surface area (Å²) in [5.41, 5.74) is 2.87. The van der Waals surface area contributed by atoms with Crippen molar-refractivity contribution in [3.05, 3.63) is 124 Å². The van der Waals surface area contributed by atoms with Crippen molar-refractivity contribution in [2.24, 2.45) is 0 Å². The van der Waals surface area contributed by atoms with Gasteiger partial charge in [0.25, 0.3) is 0 Å². The third-order valence-corrected chi connectivity index (χ3v) is 7.17. The lowest BCUT2D eigenvalue weighted by molar-refractivity contribution is 0.246. The first kappa shape index (κ1) is 28.5. The molecule has 41 heavy (non-hydrogen) atoms. The Hall–Kier alpha value is -4.04. The topological polar surface area (TPSA) is 9.23 Å². The van der Waals surface area contributed by atoms with Crippen LogP contribution in [0.15, 0.2) is 66.7 Å². The second kappa shape index (κ2) is 11.4. The smallest absolute Gasteiger partial charge is 0.207 e. The molecule has 0 atom stereocenters. The van der Waals surface area contributed by atoms with Gasteiger partial charge in [-0.15, -0.1) is 0 Å². The van der Waals surface area contributed by atoms with Crippen LogP contribution < -0.4 is 4.74 Å². The van der Waals surface area contributed by atoms with Crippen LogP contribution in [-0.4, -0.2) is 0 Å². The fraction of sp³-hybridized carbons (Fsp3) is 0.125. The normalized spacial score (nSPS) is 11.3. The van der Waals surface area contributed by atoms with E-state index in [2.05, 4.69) is 23.8 Å². The first-order valence-electron chi connectivity index (χ1n) is 12.5. The molecule has 5 rings (SSSR count). The third kappa shape index (κ3) is 5.36. The molecular weight excluding hydrogens is 569 g/mol. The predicted molar refractivity (Wildman–Crippen MR) is 144 cm³/mol. The zero-order chi connectivity index (χ0) is 29.4. The fourth-order valence-electron chi connectivity index (χ4n) is 4.60. The van der Waals surface area contributed by atoms with Gasteiger partial charge in [-0.25, -0.2) is 22.0 Å². The molecule has 0 saturated carbocycles. The lowest BCUT2D eigenvalue weighted by Gasteiger charge is -2.14. The molecule has 0 spiro atoms. The van der Waals surface area contributed by atoms with Gasteiger partial charge in [0, 0.05) is 10.9 Å². The molecule has 0 bridgehead atoms. The summed E-state index contributed by atoms with van der Waals surface area (Å²) in [5, 5.41) is 1.70. The van der Waals surface area contributed by atoms with E-state index in [0.717, 1.165) is 41.5 Å². The van der Waals surface area contributed by atoms with Gasteiger partial charge >= 0.3 is 0 Å². The van der Waals surface area contributed by atoms with Crippen molar-refractivity contribution < 1.29 is 35.5 Å². The molecule has 0 radical (unpaired) electrons. The molecule has 0 N–H and O–H groups in total. The number of ether oxygens (including phenoxy) is 1. The van der Waals surface area contributed by atoms with E-state index in [1.807, 2.05) is 30.3 Å². The number of fused-ring (bicyclic) bond motifs is 1. The Labute approximate surface area is 235 Å². The van der Waals surface area contributed by atoms with Gasteiger partial charge in [0.2, 0.25) is 29.1 Å². The van der Waals surface area contributed by atoms with Gasteiger partial charge in [0.15, 0.2) is 5.75 Å². The molecule has 5 aromatic rings. The summed E-state index contributed by atoms with van der Waals surface area (Å²) < 4.78 is 102. The monoisotopic (exact) mass is 588 g/mol. The number of halogens is 8. The van der Waals surface area contributed by atoms with Gasteiger partial charge in [0.1, 0.15) is 18.2 Å². The summed E-state index contributed by atoms with van der Waals surface area (Å²) in [7, 11) is 0. The fourth-order valence-corrected chi connectivity index (χ4v) is 4.94. The number of hydrogen-bond donors (Lipinski definition) is 0. The van der Waals surface area contributed by atoms with Crippen LogP contribution in [0.25, 0.3) is 33.0 Å². The minimum Gasteiger partial charge on any atom is -0.482 e. The van der Waals surface area contributed by atoms with E-state index in [-0.39, 0.29) is 10.6 Å². The van der Waals surface area contributed by atoms with Gasteiger partial charge in [-0.05, 0) is 52.3 Å². The second-order valence-electron chi connectivity index (χ2n) is 9.42. The van der Waals surface area contributed by atoms with Gasteiger partial charge in [-0.1, -0.05) is 73.5 Å². The standard InChI is InChI=1S/C32H20ClF7O/c1-2-3-16-4-6-17(7-5-16)18-8-10-21-19(12-18)9-11-22(26(21)33)20-13-24(34)23(25(35)14-20)15-41-32-30(39)28(37)27(36)29(38)31(32)40/h4-14H,2-3,15H2,1H3. The summed E-state index contributed by atoms with van der Waals surface area (Å²) >= 11 is 6.64. The highest BCUT2D eigenvalue weighted by atomic mass is 35.5. The van der Waals surface area contributed by atoms with Crippen molar-refractivity contribution in [2.75, 3.05) is 0 Å². The average molecular weight is 589 g/mol. The highest BCUT2D eigenvalue weighted by molar-refractivity contribution is 6.38. The Kier molecular flexibility index (Phi) is 7.95. The van der Waals surface area contributed by atoms with Crippen molar-refractivity contribution >= 4 is 22.4 Å². The van der Waals surface area contributed by atoms with Crippen LogP contribution in [0.1, 0.15) is 24.5 Å². The Morgan fingerprint density at radius 3 is 1.83 bits per heavy atom. The number of benzene rings is 5. The lowest BCUT2D eigenvalue weighted by atomic mass is 9.96. The number of rotatable bonds is 7. The van der Waals surface area contributed by atoms with E-state index >= 15 is 0 Å². The molecule has 0 fully saturated rings. The quantitative estimate of drug-likeness (QED) is 0.104. The van der Waals surface area contributed by atoms with Gasteiger partial charge in [0.05, 0.1) is 10.6 Å². The lowest BCUT2D eigenvalue weighted by Crippen LogP contribution is -2.09. The van der Waals surface area contributed by atoms with Crippen LogP contribution in [0.2, 0.25) is 5.02 Å². The van der Waals surface area contributed by atoms with E-state index in [9.17, 15) is 30.7 Å². The Morgan fingerprint density at radius 2 is 1.22 bits per heavy atom. The van der Waals surface area contributed by atoms with Crippen molar-refractivity contribution in [3.8, 4) is 28.0 Å². The molecule has 0 amide bonds. The molecule has 0 aromatic heterocycles. The molecule has 0 aliphatic carbocycles. The first-order valence-corrected chi connectivity index (χ1v) is 12.9. The average Bonchev–Trinajstić information content (AvgIpc) is 2.96. The van der Waals surface area contributed by atoms with E-state index in [0.29, 0.717) is 10.9 Å². The maximum absolute atomic E-state index is 14.9. The van der Waals surface area contributed by atoms with Crippen LogP contribution in [0, 0.1) is 40.7 Å². The molecule has 0 saturated heterocycles. The van der Waals surface area contributed by atoms with Crippen LogP contribution >= 0.6 is 11.6 Å². The molecule has 210 valence electrons. The maximum atomic E-state index is 14.9. The second-order valence-corrected chi connectivity index (χ2v) is 9.79. The van der Waals surface area contributed by atoms with E-state index in [1.165, 1.54) is 5.56 Å². The zero-order valence-electron chi connectivity index (χ0n) is 21.4. The van der Waals surface area contributed by atoms with E-state index in [4.69, 9.17) is 11.6 Å². The molecular formula is C32H20ClF7O. The molecule has 0 heterocycles. The number of hydrogen-bond acceptors (Lipinski definition) is 1. The van der Waals surface area contributed by atoms with Crippen LogP contribution in [0.4, 0.5) is 30.7 Å². The summed E-state index contributed by atoms with van der Waals surface area (Å²) in [4.78, 5) is 0. The Bertz CT molecular complexity index is 1730. The number of aryl methyl sites for hydroxylation is 1. The molecule has 0 aliphatic rings. The van der Waals surface area contributed by atoms with Gasteiger partial charge < -0.3 is 4.74 Å². The molecule has 5 aromatic carbocycles. The van der Waals surface area contributed by atoms with Crippen LogP contribution in [0.5, 0.6) is 5.75 Å². The summed E-state index contributed by atoms with van der Waals surface area (Å²) in [6.45, 7) is 0.984. The first-order chi connectivity index (χ1) is 19.6. The van der Waals surface area contributed by atoms with E-state index in [1.54, 1.807) is 12.1 Å².